The molecule has 2 radical (unpaired) electrons. The van der Waals surface area contributed by atoms with Crippen molar-refractivity contribution in [2.24, 2.45) is 0 Å². The minimum absolute atomic E-state index is 0.276. The average molecular weight is 156 g/mol. The molecular weight excluding hydrogens is 143 g/mol. The summed E-state index contributed by atoms with van der Waals surface area (Å²) in [6.07, 6.45) is 3.84. The highest BCUT2D eigenvalue weighted by Gasteiger charge is 2.24. The second-order valence-corrected chi connectivity index (χ2v) is 8.10. The molecule has 50 valence electrons. The van der Waals surface area contributed by atoms with Crippen molar-refractivity contribution in [2.75, 3.05) is 6.61 Å². The van der Waals surface area contributed by atoms with Crippen LogP contribution in [0.2, 0.25) is 0 Å². The fourth-order valence-electron chi connectivity index (χ4n) is 1.15. The molecule has 0 aliphatic carbocycles. The molecule has 1 saturated heterocycles. The summed E-state index contributed by atoms with van der Waals surface area (Å²) >= 11 is 0. The van der Waals surface area contributed by atoms with E-state index in [2.05, 4.69) is 0 Å². The third-order valence-electron chi connectivity index (χ3n) is 1.98. The Hall–Kier alpha value is 0.459. The highest BCUT2D eigenvalue weighted by Crippen LogP contribution is 2.19. The lowest BCUT2D eigenvalue weighted by Crippen LogP contribution is -2.43. The maximum absolute atomic E-state index is 5.69. The number of hydrogen-bond donors (Lipinski definition) is 0. The second-order valence-electron chi connectivity index (χ2n) is 2.96. The highest BCUT2D eigenvalue weighted by atomic mass is 28.2. The molecule has 4 heteroatoms. The summed E-state index contributed by atoms with van der Waals surface area (Å²) < 4.78 is 5.61. The van der Waals surface area contributed by atoms with E-state index in [0.717, 1.165) is 16.8 Å². The van der Waals surface area contributed by atoms with Crippen molar-refractivity contribution in [3.8, 4) is 0 Å². The Morgan fingerprint density at radius 1 is 1.56 bits per heavy atom. The Bertz CT molecular complexity index is 93.0. The molecule has 0 spiro atoms. The van der Waals surface area contributed by atoms with Crippen molar-refractivity contribution in [1.29, 1.82) is 0 Å². The third kappa shape index (κ3) is 1.95. The van der Waals surface area contributed by atoms with Gasteiger partial charge in [-0.1, -0.05) is 0 Å². The molecule has 1 aliphatic rings. The van der Waals surface area contributed by atoms with Gasteiger partial charge in [0.25, 0.3) is 0 Å². The Morgan fingerprint density at radius 3 is 2.67 bits per heavy atom. The largest absolute Gasteiger partial charge is 0.384 e. The Balaban J connectivity index is 2.37. The van der Waals surface area contributed by atoms with Gasteiger partial charge >= 0.3 is 0 Å². The van der Waals surface area contributed by atoms with Crippen LogP contribution >= 0.6 is 0 Å². The zero-order chi connectivity index (χ0) is 6.74. The molecule has 0 N–H and O–H groups in total. The van der Waals surface area contributed by atoms with Gasteiger partial charge in [0.2, 0.25) is 0 Å². The number of rotatable bonds is 1. The standard InChI is InChI=1S/C5H13BOSi2/c6-9-5(8)3-1-2-4-7-5/h1-4,9H2,8H3. The van der Waals surface area contributed by atoms with Crippen molar-refractivity contribution >= 4 is 27.1 Å². The van der Waals surface area contributed by atoms with Crippen LogP contribution in [0.1, 0.15) is 19.3 Å². The molecule has 1 rings (SSSR count). The van der Waals surface area contributed by atoms with E-state index >= 15 is 0 Å². The molecule has 1 atom stereocenters. The zero-order valence-electron chi connectivity index (χ0n) is 6.02. The van der Waals surface area contributed by atoms with Crippen LogP contribution in [0.15, 0.2) is 0 Å². The predicted octanol–water partition coefficient (Wildman–Crippen LogP) is -1.54. The monoisotopic (exact) mass is 156 g/mol. The lowest BCUT2D eigenvalue weighted by molar-refractivity contribution is 0.0373. The SMILES string of the molecule is [B][SiH2]C1([SiH3])CCCCO1. The zero-order valence-corrected chi connectivity index (χ0v) is 9.44. The van der Waals surface area contributed by atoms with Gasteiger partial charge in [0.1, 0.15) is 0 Å². The molecule has 1 nitrogen and oxygen atoms in total. The molecule has 0 saturated carbocycles. The molecule has 0 aromatic rings. The van der Waals surface area contributed by atoms with Crippen molar-refractivity contribution < 1.29 is 4.74 Å². The van der Waals surface area contributed by atoms with Gasteiger partial charge in [-0.25, -0.2) is 0 Å². The maximum Gasteiger partial charge on any atom is 0.0512 e. The maximum atomic E-state index is 5.69. The smallest absolute Gasteiger partial charge is 0.0512 e. The molecule has 1 unspecified atom stereocenters. The van der Waals surface area contributed by atoms with Gasteiger partial charge in [0.05, 0.1) is 7.44 Å². The van der Waals surface area contributed by atoms with Crippen molar-refractivity contribution in [3.63, 3.8) is 0 Å². The van der Waals surface area contributed by atoms with E-state index in [4.69, 9.17) is 12.2 Å². The van der Waals surface area contributed by atoms with E-state index < -0.39 is 0 Å². The highest BCUT2D eigenvalue weighted by molar-refractivity contribution is 6.94. The number of ether oxygens (including phenoxy) is 1. The minimum atomic E-state index is -0.389. The first-order valence-electron chi connectivity index (χ1n) is 3.61. The van der Waals surface area contributed by atoms with Crippen LogP contribution in [0.5, 0.6) is 0 Å². The quantitative estimate of drug-likeness (QED) is 0.418. The normalized spacial score (nSPS) is 38.2. The summed E-state index contributed by atoms with van der Waals surface area (Å²) in [6, 6.07) is 0. The van der Waals surface area contributed by atoms with E-state index in [-0.39, 0.29) is 14.2 Å². The van der Waals surface area contributed by atoms with Gasteiger partial charge in [0, 0.05) is 31.1 Å². The first-order chi connectivity index (χ1) is 4.27. The summed E-state index contributed by atoms with van der Waals surface area (Å²) in [5.41, 5.74) is 0. The van der Waals surface area contributed by atoms with Crippen LogP contribution in [0.25, 0.3) is 0 Å². The van der Waals surface area contributed by atoms with Crippen LogP contribution in [0.4, 0.5) is 0 Å². The van der Waals surface area contributed by atoms with Crippen molar-refractivity contribution in [2.45, 2.75) is 24.1 Å². The van der Waals surface area contributed by atoms with E-state index in [9.17, 15) is 0 Å². The van der Waals surface area contributed by atoms with E-state index in [1.807, 2.05) is 0 Å². The molecule has 0 aromatic heterocycles. The van der Waals surface area contributed by atoms with E-state index in [1.54, 1.807) is 0 Å². The first-order valence-corrected chi connectivity index (χ1v) is 6.13. The van der Waals surface area contributed by atoms with Gasteiger partial charge in [-0.05, 0) is 19.3 Å². The van der Waals surface area contributed by atoms with Crippen molar-refractivity contribution in [3.05, 3.63) is 0 Å². The molecule has 0 amide bonds. The molecule has 1 fully saturated rings. The molecule has 1 heterocycles. The van der Waals surface area contributed by atoms with E-state index in [0.29, 0.717) is 0 Å². The summed E-state index contributed by atoms with van der Waals surface area (Å²) in [7, 11) is 6.44. The van der Waals surface area contributed by atoms with Crippen LogP contribution < -0.4 is 0 Å². The van der Waals surface area contributed by atoms with Crippen LogP contribution in [-0.2, 0) is 4.74 Å². The predicted molar refractivity (Wildman–Crippen MR) is 46.8 cm³/mol. The topological polar surface area (TPSA) is 9.23 Å². The van der Waals surface area contributed by atoms with Gasteiger partial charge in [-0.2, -0.15) is 0 Å². The fraction of sp³-hybridized carbons (Fsp3) is 1.00. The van der Waals surface area contributed by atoms with Gasteiger partial charge < -0.3 is 4.74 Å². The van der Waals surface area contributed by atoms with Crippen LogP contribution in [0.3, 0.4) is 0 Å². The summed E-state index contributed by atoms with van der Waals surface area (Å²) in [6.45, 7) is 0.966. The summed E-state index contributed by atoms with van der Waals surface area (Å²) in [5.74, 6) is 0. The number of hydrogen-bond acceptors (Lipinski definition) is 1. The summed E-state index contributed by atoms with van der Waals surface area (Å²) in [4.78, 5) is 0.276. The second kappa shape index (κ2) is 3.03. The van der Waals surface area contributed by atoms with Gasteiger partial charge in [-0.3, -0.25) is 0 Å². The average Bonchev–Trinajstić information content (AvgIpc) is 1.90. The van der Waals surface area contributed by atoms with E-state index in [1.165, 1.54) is 19.3 Å². The van der Waals surface area contributed by atoms with Crippen LogP contribution in [-0.4, -0.2) is 38.5 Å². The van der Waals surface area contributed by atoms with Crippen LogP contribution in [0, 0.1) is 0 Å². The molecule has 0 aromatic carbocycles. The third-order valence-corrected chi connectivity index (χ3v) is 5.42. The molecule has 9 heavy (non-hydrogen) atoms. The molecule has 0 bridgehead atoms. The lowest BCUT2D eigenvalue weighted by Gasteiger charge is -2.33. The van der Waals surface area contributed by atoms with Crippen molar-refractivity contribution in [1.82, 2.24) is 0 Å². The Labute approximate surface area is 63.1 Å². The lowest BCUT2D eigenvalue weighted by atomic mass is 10.2. The minimum Gasteiger partial charge on any atom is -0.384 e. The Kier molecular flexibility index (Phi) is 2.55. The summed E-state index contributed by atoms with van der Waals surface area (Å²) in [5, 5.41) is 0. The first kappa shape index (κ1) is 7.56. The Morgan fingerprint density at radius 2 is 2.33 bits per heavy atom. The van der Waals surface area contributed by atoms with Gasteiger partial charge in [0.15, 0.2) is 0 Å². The fourth-order valence-corrected chi connectivity index (χ4v) is 2.43. The molecular formula is C5H13BOSi2. The molecule has 1 aliphatic heterocycles. The van der Waals surface area contributed by atoms with Gasteiger partial charge in [-0.15, -0.1) is 0 Å².